The van der Waals surface area contributed by atoms with Crippen LogP contribution in [-0.2, 0) is 21.3 Å². The topological polar surface area (TPSA) is 278 Å². The number of nitrogens with zero attached hydrogens (tertiary/aromatic N) is 1. The monoisotopic (exact) mass is 848 g/mol. The number of hydrogen-bond donors (Lipinski definition) is 9. The van der Waals surface area contributed by atoms with Crippen molar-refractivity contribution in [2.75, 3.05) is 39.4 Å². The number of nitrogens with one attached hydrogen (secondary N) is 1. The Balaban J connectivity index is 1.38. The average Bonchev–Trinajstić information content (AvgIpc) is 3.25. The molecule has 3 heterocycles. The number of fused-ring (bicyclic) bond motifs is 1. The fourth-order valence-corrected chi connectivity index (χ4v) is 6.89. The fraction of sp³-hybridized carbons (Fsp3) is 0.561. The minimum atomic E-state index is -1.76. The lowest BCUT2D eigenvalue weighted by atomic mass is 9.99. The van der Waals surface area contributed by atoms with Gasteiger partial charge in [0.15, 0.2) is 17.2 Å². The zero-order valence-electron chi connectivity index (χ0n) is 33.9. The second-order valence-corrected chi connectivity index (χ2v) is 14.6. The molecule has 19 nitrogen and oxygen atoms in total. The summed E-state index contributed by atoms with van der Waals surface area (Å²) in [6.07, 6.45) is -7.16. The number of ether oxygens (including phenoxy) is 7. The second kappa shape index (κ2) is 21.3. The molecule has 0 aliphatic carbocycles. The Morgan fingerprint density at radius 2 is 1.30 bits per heavy atom. The number of aliphatic hydroxyl groups excluding tert-OH is 8. The molecule has 2 aliphatic heterocycles. The Labute approximate surface area is 345 Å². The molecule has 2 aromatic carbocycles. The molecule has 2 fully saturated rings. The number of carbonyl (C=O) groups is 1. The van der Waals surface area contributed by atoms with Crippen molar-refractivity contribution in [1.29, 1.82) is 0 Å². The summed E-state index contributed by atoms with van der Waals surface area (Å²) in [4.78, 5) is 27.0. The number of methoxy groups -OCH3 is 2. The Morgan fingerprint density at radius 3 is 1.85 bits per heavy atom. The SMILES string of the molecule is CCCCCCCCOc1c(O[C@@H]2O[C@H](CO)[C@H](O)[C@H](O)[C@H]2O)c2ccc(NC(=O)/C=C/c3cc(OC)c(O[C@@H]4O[C@H](CO)[C@H](O)[C@H](O)[C@H]4O)c(OC)c3)cc2n(C)c1=O. The number of benzene rings is 2. The lowest BCUT2D eigenvalue weighted by Gasteiger charge is -2.39. The van der Waals surface area contributed by atoms with E-state index in [4.69, 9.17) is 33.2 Å². The van der Waals surface area contributed by atoms with Gasteiger partial charge in [-0.25, -0.2) is 0 Å². The zero-order valence-corrected chi connectivity index (χ0v) is 33.9. The normalized spacial score (nSPS) is 26.9. The summed E-state index contributed by atoms with van der Waals surface area (Å²) in [5.41, 5.74) is 0.394. The molecule has 2 aliphatic rings. The molecule has 332 valence electrons. The van der Waals surface area contributed by atoms with E-state index in [1.807, 2.05) is 0 Å². The number of rotatable bonds is 19. The highest BCUT2D eigenvalue weighted by molar-refractivity contribution is 6.03. The number of anilines is 1. The van der Waals surface area contributed by atoms with Crippen LogP contribution < -0.4 is 34.6 Å². The lowest BCUT2D eigenvalue weighted by Crippen LogP contribution is -2.60. The molecule has 19 heteroatoms. The third kappa shape index (κ3) is 10.5. The van der Waals surface area contributed by atoms with E-state index in [-0.39, 0.29) is 46.6 Å². The van der Waals surface area contributed by atoms with E-state index < -0.39 is 86.1 Å². The molecular weight excluding hydrogens is 792 g/mol. The minimum Gasteiger partial charge on any atom is -0.493 e. The van der Waals surface area contributed by atoms with Crippen molar-refractivity contribution in [2.24, 2.45) is 7.05 Å². The molecule has 10 atom stereocenters. The number of unbranched alkanes of at least 4 members (excludes halogenated alkanes) is 5. The summed E-state index contributed by atoms with van der Waals surface area (Å²) in [5.74, 6) is -0.694. The second-order valence-electron chi connectivity index (χ2n) is 14.6. The summed E-state index contributed by atoms with van der Waals surface area (Å²) < 4.78 is 41.2. The standard InChI is InChI=1S/C41H56N2O17/c1-5-6-7-8-9-10-15-56-38-36(59-40-34(51)32(49)30(47)27(19-44)57-40)23-13-12-22(18-24(23)43(2)39(38)53)42-29(46)14-11-21-16-25(54-3)37(26(17-21)55-4)60-41-35(52)33(50)31(48)28(20-45)58-41/h11-14,16-18,27-28,30-35,40-41,44-45,47-52H,5-10,15,19-20H2,1-4H3,(H,42,46)/b14-11+/t27-,28-,30+,31+,32+,33+,34-,35-,40+,41+/m1/s1. The Bertz CT molecular complexity index is 1960. The third-order valence-corrected chi connectivity index (χ3v) is 10.4. The number of aryl methyl sites for hydroxylation is 1. The zero-order chi connectivity index (χ0) is 43.7. The molecule has 60 heavy (non-hydrogen) atoms. The molecule has 3 aromatic rings. The van der Waals surface area contributed by atoms with Crippen molar-refractivity contribution in [3.63, 3.8) is 0 Å². The highest BCUT2D eigenvalue weighted by Crippen LogP contribution is 2.41. The van der Waals surface area contributed by atoms with Crippen LogP contribution in [-0.4, -0.2) is 147 Å². The highest BCUT2D eigenvalue weighted by Gasteiger charge is 2.46. The van der Waals surface area contributed by atoms with Gasteiger partial charge in [-0.1, -0.05) is 39.0 Å². The molecule has 0 radical (unpaired) electrons. The molecule has 1 aromatic heterocycles. The Hall–Kier alpha value is -4.54. The van der Waals surface area contributed by atoms with E-state index in [2.05, 4.69) is 12.2 Å². The summed E-state index contributed by atoms with van der Waals surface area (Å²) in [6.45, 7) is 0.968. The van der Waals surface area contributed by atoms with Crippen molar-refractivity contribution in [1.82, 2.24) is 4.57 Å². The first-order valence-electron chi connectivity index (χ1n) is 19.8. The molecular formula is C41H56N2O17. The van der Waals surface area contributed by atoms with E-state index in [0.29, 0.717) is 17.4 Å². The maximum absolute atomic E-state index is 13.8. The van der Waals surface area contributed by atoms with Crippen molar-refractivity contribution in [2.45, 2.75) is 107 Å². The van der Waals surface area contributed by atoms with Crippen LogP contribution in [0.3, 0.4) is 0 Å². The maximum atomic E-state index is 13.8. The smallest absolute Gasteiger partial charge is 0.297 e. The summed E-state index contributed by atoms with van der Waals surface area (Å²) >= 11 is 0. The van der Waals surface area contributed by atoms with E-state index >= 15 is 0 Å². The third-order valence-electron chi connectivity index (χ3n) is 10.4. The highest BCUT2D eigenvalue weighted by atomic mass is 16.7. The Kier molecular flexibility index (Phi) is 16.5. The molecule has 0 saturated carbocycles. The van der Waals surface area contributed by atoms with E-state index in [9.17, 15) is 50.4 Å². The van der Waals surface area contributed by atoms with Gasteiger partial charge < -0.3 is 83.9 Å². The van der Waals surface area contributed by atoms with Crippen LogP contribution in [0.5, 0.6) is 28.7 Å². The summed E-state index contributed by atoms with van der Waals surface area (Å²) in [5, 5.41) is 84.6. The van der Waals surface area contributed by atoms with Gasteiger partial charge in [-0.15, -0.1) is 0 Å². The molecule has 2 saturated heterocycles. The van der Waals surface area contributed by atoms with Crippen molar-refractivity contribution < 1.29 is 78.8 Å². The van der Waals surface area contributed by atoms with Crippen LogP contribution in [0.4, 0.5) is 5.69 Å². The van der Waals surface area contributed by atoms with Gasteiger partial charge in [0, 0.05) is 24.2 Å². The maximum Gasteiger partial charge on any atom is 0.297 e. The van der Waals surface area contributed by atoms with Crippen molar-refractivity contribution in [3.8, 4) is 28.7 Å². The molecule has 0 unspecified atom stereocenters. The molecule has 1 amide bonds. The average molecular weight is 849 g/mol. The van der Waals surface area contributed by atoms with Crippen LogP contribution in [0.25, 0.3) is 17.0 Å². The van der Waals surface area contributed by atoms with E-state index in [1.54, 1.807) is 12.1 Å². The van der Waals surface area contributed by atoms with Crippen LogP contribution in [0.2, 0.25) is 0 Å². The number of amides is 1. The van der Waals surface area contributed by atoms with Gasteiger partial charge in [0.05, 0.1) is 39.6 Å². The number of aliphatic hydroxyl groups is 8. The predicted octanol–water partition coefficient (Wildman–Crippen LogP) is 0.304. The van der Waals surface area contributed by atoms with E-state index in [1.165, 1.54) is 56.2 Å². The van der Waals surface area contributed by atoms with Gasteiger partial charge in [-0.2, -0.15) is 0 Å². The van der Waals surface area contributed by atoms with Gasteiger partial charge in [-0.3, -0.25) is 9.59 Å². The van der Waals surface area contributed by atoms with Crippen molar-refractivity contribution >= 4 is 28.6 Å². The first kappa shape index (κ1) is 46.5. The summed E-state index contributed by atoms with van der Waals surface area (Å²) in [6, 6.07) is 7.64. The first-order chi connectivity index (χ1) is 28.8. The van der Waals surface area contributed by atoms with Gasteiger partial charge in [-0.05, 0) is 48.4 Å². The van der Waals surface area contributed by atoms with Crippen molar-refractivity contribution in [3.05, 3.63) is 52.3 Å². The molecule has 0 spiro atoms. The molecule has 5 rings (SSSR count). The number of aromatic nitrogens is 1. The van der Waals surface area contributed by atoms with Gasteiger partial charge in [0.2, 0.25) is 30.0 Å². The van der Waals surface area contributed by atoms with E-state index in [0.717, 1.165) is 32.1 Å². The fourth-order valence-electron chi connectivity index (χ4n) is 6.89. The molecule has 9 N–H and O–H groups in total. The lowest BCUT2D eigenvalue weighted by molar-refractivity contribution is -0.277. The Morgan fingerprint density at radius 1 is 0.750 bits per heavy atom. The van der Waals surface area contributed by atoms with Crippen LogP contribution in [0.1, 0.15) is 51.0 Å². The number of carbonyl (C=O) groups excluding carboxylic acids is 1. The predicted molar refractivity (Wildman–Crippen MR) is 214 cm³/mol. The van der Waals surface area contributed by atoms with Gasteiger partial charge in [0.1, 0.15) is 48.8 Å². The van der Waals surface area contributed by atoms with Gasteiger partial charge >= 0.3 is 0 Å². The summed E-state index contributed by atoms with van der Waals surface area (Å²) in [7, 11) is 4.19. The van der Waals surface area contributed by atoms with Crippen LogP contribution in [0.15, 0.2) is 41.2 Å². The number of hydrogen-bond acceptors (Lipinski definition) is 17. The first-order valence-corrected chi connectivity index (χ1v) is 19.8. The molecule has 0 bridgehead atoms. The quantitative estimate of drug-likeness (QED) is 0.0580. The minimum absolute atomic E-state index is 0.0291. The largest absolute Gasteiger partial charge is 0.493 e. The van der Waals surface area contributed by atoms with Crippen LogP contribution >= 0.6 is 0 Å². The number of pyridine rings is 1. The van der Waals surface area contributed by atoms with Crippen LogP contribution in [0, 0.1) is 0 Å². The van der Waals surface area contributed by atoms with Gasteiger partial charge in [0.25, 0.3) is 5.56 Å².